The van der Waals surface area contributed by atoms with E-state index in [2.05, 4.69) is 15.0 Å². The molecule has 0 aliphatic rings. The lowest BCUT2D eigenvalue weighted by molar-refractivity contribution is 0.656. The van der Waals surface area contributed by atoms with E-state index in [0.717, 1.165) is 10.8 Å². The quantitative estimate of drug-likeness (QED) is 0.577. The maximum Gasteiger partial charge on any atom is 0.294 e. The molecule has 7 heteroatoms. The molecule has 1 N–H and O–H groups in total. The Morgan fingerprint density at radius 2 is 2.32 bits per heavy atom. The average Bonchev–Trinajstić information content (AvgIpc) is 3.15. The summed E-state index contributed by atoms with van der Waals surface area (Å²) >= 11 is 0. The summed E-state index contributed by atoms with van der Waals surface area (Å²) in [5.74, 6) is 0.573. The topological polar surface area (TPSA) is 76.7 Å². The molecule has 0 aliphatic carbocycles. The van der Waals surface area contributed by atoms with Gasteiger partial charge in [-0.3, -0.25) is 4.79 Å². The Hall–Kier alpha value is -2.83. The zero-order chi connectivity index (χ0) is 15.1. The zero-order valence-corrected chi connectivity index (χ0v) is 11.9. The summed E-state index contributed by atoms with van der Waals surface area (Å²) in [7, 11) is 2.00. The van der Waals surface area contributed by atoms with Crippen LogP contribution in [0, 0.1) is 0 Å². The molecule has 0 amide bonds. The van der Waals surface area contributed by atoms with Crippen molar-refractivity contribution in [3.8, 4) is 0 Å². The van der Waals surface area contributed by atoms with Crippen LogP contribution < -0.4 is 11.0 Å². The third kappa shape index (κ3) is 2.02. The van der Waals surface area contributed by atoms with E-state index in [1.54, 1.807) is 12.5 Å². The highest BCUT2D eigenvalue weighted by molar-refractivity contribution is 6.52. The van der Waals surface area contributed by atoms with E-state index < -0.39 is 0 Å². The molecule has 0 saturated heterocycles. The highest BCUT2D eigenvalue weighted by atomic mass is 16.3. The summed E-state index contributed by atoms with van der Waals surface area (Å²) in [5.41, 5.74) is 2.32. The van der Waals surface area contributed by atoms with E-state index in [1.165, 1.54) is 0 Å². The van der Waals surface area contributed by atoms with Gasteiger partial charge in [-0.1, -0.05) is 24.4 Å². The molecular weight excluding hydrogens is 279 g/mol. The van der Waals surface area contributed by atoms with Crippen LogP contribution in [-0.4, -0.2) is 26.8 Å². The van der Waals surface area contributed by atoms with Crippen LogP contribution in [0.3, 0.4) is 0 Å². The second kappa shape index (κ2) is 4.87. The number of imidazole rings is 1. The lowest BCUT2D eigenvalue weighted by Crippen LogP contribution is -2.13. The fourth-order valence-corrected chi connectivity index (χ4v) is 2.53. The maximum atomic E-state index is 12.2. The normalized spacial score (nSPS) is 11.3. The van der Waals surface area contributed by atoms with E-state index in [-0.39, 0.29) is 11.1 Å². The molecule has 0 atom stereocenters. The first kappa shape index (κ1) is 12.9. The number of benzene rings is 1. The molecule has 0 unspecified atom stereocenters. The van der Waals surface area contributed by atoms with E-state index in [4.69, 9.17) is 4.42 Å². The van der Waals surface area contributed by atoms with Crippen LogP contribution in [0.2, 0.25) is 6.82 Å². The number of aromatic nitrogens is 4. The summed E-state index contributed by atoms with van der Waals surface area (Å²) in [6, 6.07) is 5.79. The predicted octanol–water partition coefficient (Wildman–Crippen LogP) is 1.29. The first-order valence-electron chi connectivity index (χ1n) is 6.95. The van der Waals surface area contributed by atoms with Crippen LogP contribution in [0.25, 0.3) is 22.1 Å². The predicted molar refractivity (Wildman–Crippen MR) is 84.7 cm³/mol. The molecule has 4 aromatic rings. The Labute approximate surface area is 126 Å². The largest absolute Gasteiger partial charge is 0.449 e. The lowest BCUT2D eigenvalue weighted by atomic mass is 9.73. The van der Waals surface area contributed by atoms with Gasteiger partial charge >= 0.3 is 0 Å². The molecule has 1 aromatic carbocycles. The molecule has 3 heterocycles. The SMILES string of the molecule is C[B]c1ccc2oc3c(=O)[nH]c(Cn4ccnc4)nc3c2c1. The van der Waals surface area contributed by atoms with Crippen LogP contribution in [0.5, 0.6) is 0 Å². The van der Waals surface area contributed by atoms with Crippen LogP contribution in [0.1, 0.15) is 5.82 Å². The maximum absolute atomic E-state index is 12.2. The monoisotopic (exact) mass is 291 g/mol. The number of hydrogen-bond donors (Lipinski definition) is 1. The Morgan fingerprint density at radius 1 is 1.41 bits per heavy atom. The molecule has 0 saturated carbocycles. The molecule has 0 fully saturated rings. The standard InChI is InChI=1S/C15H12BN4O2/c1-16-9-2-3-11-10(6-9)13-14(22-11)15(21)19-12(18-13)7-20-5-4-17-8-20/h2-6,8H,7H2,1H3,(H,18,19,21). The number of nitrogens with one attached hydrogen (secondary N) is 1. The van der Waals surface area contributed by atoms with Crippen LogP contribution >= 0.6 is 0 Å². The van der Waals surface area contributed by atoms with E-state index in [1.807, 2.05) is 43.1 Å². The van der Waals surface area contributed by atoms with Gasteiger partial charge in [0.1, 0.15) is 24.2 Å². The molecule has 107 valence electrons. The van der Waals surface area contributed by atoms with Gasteiger partial charge in [0.05, 0.1) is 12.9 Å². The zero-order valence-electron chi connectivity index (χ0n) is 11.9. The smallest absolute Gasteiger partial charge is 0.294 e. The second-order valence-corrected chi connectivity index (χ2v) is 5.07. The summed E-state index contributed by atoms with van der Waals surface area (Å²) in [5, 5.41) is 0.851. The molecule has 6 nitrogen and oxygen atoms in total. The van der Waals surface area contributed by atoms with Crippen molar-refractivity contribution in [2.45, 2.75) is 13.4 Å². The molecule has 3 aromatic heterocycles. The minimum absolute atomic E-state index is 0.262. The Balaban J connectivity index is 1.94. The van der Waals surface area contributed by atoms with Crippen LogP contribution in [0.4, 0.5) is 0 Å². The second-order valence-electron chi connectivity index (χ2n) is 5.07. The first-order valence-corrected chi connectivity index (χ1v) is 6.95. The number of furan rings is 1. The summed E-state index contributed by atoms with van der Waals surface area (Å²) in [4.78, 5) is 23.5. The van der Waals surface area contributed by atoms with Gasteiger partial charge in [-0.2, -0.15) is 0 Å². The van der Waals surface area contributed by atoms with Gasteiger partial charge in [-0.05, 0) is 6.07 Å². The van der Waals surface area contributed by atoms with Crippen molar-refractivity contribution in [1.82, 2.24) is 19.5 Å². The Bertz CT molecular complexity index is 1020. The van der Waals surface area contributed by atoms with Crippen molar-refractivity contribution in [2.24, 2.45) is 0 Å². The molecule has 0 spiro atoms. The molecule has 0 aliphatic heterocycles. The van der Waals surface area contributed by atoms with Crippen molar-refractivity contribution in [3.05, 3.63) is 53.1 Å². The van der Waals surface area contributed by atoms with Gasteiger partial charge in [0.15, 0.2) is 0 Å². The van der Waals surface area contributed by atoms with Crippen molar-refractivity contribution in [3.63, 3.8) is 0 Å². The van der Waals surface area contributed by atoms with E-state index >= 15 is 0 Å². The number of aromatic amines is 1. The minimum Gasteiger partial charge on any atom is -0.449 e. The molecule has 22 heavy (non-hydrogen) atoms. The number of H-pyrrole nitrogens is 1. The third-order valence-corrected chi connectivity index (χ3v) is 3.62. The van der Waals surface area contributed by atoms with Gasteiger partial charge in [0.25, 0.3) is 5.56 Å². The van der Waals surface area contributed by atoms with Gasteiger partial charge in [0, 0.05) is 17.8 Å². The van der Waals surface area contributed by atoms with Gasteiger partial charge in [-0.15, -0.1) is 0 Å². The number of rotatable bonds is 3. The minimum atomic E-state index is -0.265. The lowest BCUT2D eigenvalue weighted by Gasteiger charge is -2.01. The van der Waals surface area contributed by atoms with Crippen molar-refractivity contribution >= 4 is 34.8 Å². The van der Waals surface area contributed by atoms with Crippen LogP contribution in [0.15, 0.2) is 46.1 Å². The van der Waals surface area contributed by atoms with Gasteiger partial charge in [0.2, 0.25) is 5.58 Å². The fourth-order valence-electron chi connectivity index (χ4n) is 2.53. The van der Waals surface area contributed by atoms with Crippen LogP contribution in [-0.2, 0) is 6.54 Å². The molecular formula is C15H12BN4O2. The highest BCUT2D eigenvalue weighted by Crippen LogP contribution is 2.23. The number of fused-ring (bicyclic) bond motifs is 3. The first-order chi connectivity index (χ1) is 10.7. The van der Waals surface area contributed by atoms with E-state index in [9.17, 15) is 4.79 Å². The van der Waals surface area contributed by atoms with Gasteiger partial charge < -0.3 is 14.0 Å². The third-order valence-electron chi connectivity index (χ3n) is 3.62. The molecule has 4 rings (SSSR count). The Morgan fingerprint density at radius 3 is 3.09 bits per heavy atom. The highest BCUT2D eigenvalue weighted by Gasteiger charge is 2.13. The van der Waals surface area contributed by atoms with Crippen molar-refractivity contribution < 1.29 is 4.42 Å². The summed E-state index contributed by atoms with van der Waals surface area (Å²) < 4.78 is 7.48. The van der Waals surface area contributed by atoms with Gasteiger partial charge in [-0.25, -0.2) is 9.97 Å². The van der Waals surface area contributed by atoms with Crippen molar-refractivity contribution in [2.75, 3.05) is 0 Å². The average molecular weight is 291 g/mol. The van der Waals surface area contributed by atoms with E-state index in [0.29, 0.717) is 23.5 Å². The molecule has 0 bridgehead atoms. The summed E-state index contributed by atoms with van der Waals surface area (Å²) in [6.45, 7) is 2.42. The number of nitrogens with zero attached hydrogens (tertiary/aromatic N) is 3. The Kier molecular flexibility index (Phi) is 2.85. The fraction of sp³-hybridized carbons (Fsp3) is 0.133. The molecule has 1 radical (unpaired) electrons. The summed E-state index contributed by atoms with van der Waals surface area (Å²) in [6.07, 6.45) is 5.19. The van der Waals surface area contributed by atoms with Crippen molar-refractivity contribution in [1.29, 1.82) is 0 Å². The number of hydrogen-bond acceptors (Lipinski definition) is 4.